The van der Waals surface area contributed by atoms with Gasteiger partial charge in [-0.3, -0.25) is 10.2 Å². The van der Waals surface area contributed by atoms with Gasteiger partial charge in [0, 0.05) is 12.4 Å². The van der Waals surface area contributed by atoms with Crippen molar-refractivity contribution in [2.24, 2.45) is 0 Å². The fraction of sp³-hybridized carbons (Fsp3) is 0. The maximum absolute atomic E-state index is 5.11. The number of nitrogen functional groups attached to an aromatic ring is 1. The van der Waals surface area contributed by atoms with Crippen molar-refractivity contribution < 1.29 is 0 Å². The summed E-state index contributed by atoms with van der Waals surface area (Å²) in [5.74, 6) is 0.324. The second-order valence-electron chi connectivity index (χ2n) is 1.94. The molecule has 0 amide bonds. The number of hydrogen-bond acceptors (Lipinski definition) is 3. The number of nitrogens with zero attached hydrogens (tertiary/aromatic N) is 1. The number of aromatic amines is 3. The summed E-state index contributed by atoms with van der Waals surface area (Å²) < 4.78 is 0.387. The zero-order chi connectivity index (χ0) is 8.81. The van der Waals surface area contributed by atoms with Crippen molar-refractivity contribution in [1.82, 2.24) is 20.2 Å². The number of hydrogen-bond donors (Lipinski definition) is 4. The maximum atomic E-state index is 5.11. The Kier molecular flexibility index (Phi) is 3.09. The molecule has 2 aromatic rings. The molecule has 2 rings (SSSR count). The molecule has 0 aliphatic rings. The van der Waals surface area contributed by atoms with Crippen LogP contribution >= 0.6 is 12.2 Å². The van der Waals surface area contributed by atoms with Crippen LogP contribution < -0.4 is 5.73 Å². The Morgan fingerprint density at radius 1 is 1.25 bits per heavy atom. The van der Waals surface area contributed by atoms with E-state index in [4.69, 9.17) is 5.73 Å². The lowest BCUT2D eigenvalue weighted by atomic mass is 10.7. The van der Waals surface area contributed by atoms with Gasteiger partial charge in [0.25, 0.3) is 0 Å². The molecule has 0 bridgehead atoms. The molecule has 0 saturated heterocycles. The van der Waals surface area contributed by atoms with Gasteiger partial charge in [-0.1, -0.05) is 0 Å². The van der Waals surface area contributed by atoms with E-state index in [0.717, 1.165) is 0 Å². The van der Waals surface area contributed by atoms with Crippen LogP contribution in [0.15, 0.2) is 24.5 Å². The van der Waals surface area contributed by atoms with E-state index in [1.807, 2.05) is 24.5 Å². The van der Waals surface area contributed by atoms with Gasteiger partial charge in [0.15, 0.2) is 0 Å². The molecule has 5 nitrogen and oxygen atoms in total. The first-order valence-electron chi connectivity index (χ1n) is 3.27. The van der Waals surface area contributed by atoms with Gasteiger partial charge >= 0.3 is 0 Å². The fourth-order valence-electron chi connectivity index (χ4n) is 0.561. The molecular weight excluding hydrogens is 174 g/mol. The average Bonchev–Trinajstić information content (AvgIpc) is 2.63. The lowest BCUT2D eigenvalue weighted by molar-refractivity contribution is 1.08. The van der Waals surface area contributed by atoms with Crippen molar-refractivity contribution in [3.05, 3.63) is 29.3 Å². The van der Waals surface area contributed by atoms with Crippen LogP contribution in [-0.2, 0) is 0 Å². The van der Waals surface area contributed by atoms with Crippen molar-refractivity contribution in [3.8, 4) is 0 Å². The number of anilines is 1. The van der Waals surface area contributed by atoms with E-state index in [9.17, 15) is 0 Å². The standard InChI is InChI=1S/C4H5N.C2H4N4S/c1-2-4-5-3-1;3-1-4-2(7)6-5-1/h1-5H;(H4,3,4,5,6,7). The van der Waals surface area contributed by atoms with Gasteiger partial charge in [-0.2, -0.15) is 4.98 Å². The van der Waals surface area contributed by atoms with Crippen molar-refractivity contribution >= 4 is 18.2 Å². The largest absolute Gasteiger partial charge is 0.368 e. The summed E-state index contributed by atoms with van der Waals surface area (Å²) in [5, 5.41) is 5.03. The van der Waals surface area contributed by atoms with Gasteiger partial charge in [-0.05, 0) is 24.4 Å². The van der Waals surface area contributed by atoms with Crippen LogP contribution in [0.5, 0.6) is 0 Å². The zero-order valence-electron chi connectivity index (χ0n) is 6.24. The van der Waals surface area contributed by atoms with Crippen LogP contribution in [0.4, 0.5) is 5.95 Å². The molecule has 0 aliphatic heterocycles. The monoisotopic (exact) mass is 183 g/mol. The van der Waals surface area contributed by atoms with E-state index in [-0.39, 0.29) is 0 Å². The highest BCUT2D eigenvalue weighted by molar-refractivity contribution is 7.71. The second-order valence-corrected chi connectivity index (χ2v) is 2.32. The van der Waals surface area contributed by atoms with E-state index in [2.05, 4.69) is 32.4 Å². The third-order valence-electron chi connectivity index (χ3n) is 1.02. The Bertz CT molecular complexity index is 329. The molecule has 2 aromatic heterocycles. The number of H-pyrrole nitrogens is 3. The third-order valence-corrected chi connectivity index (χ3v) is 1.21. The molecule has 0 aromatic carbocycles. The van der Waals surface area contributed by atoms with Gasteiger partial charge in [-0.25, -0.2) is 0 Å². The number of rotatable bonds is 0. The van der Waals surface area contributed by atoms with Gasteiger partial charge < -0.3 is 10.7 Å². The van der Waals surface area contributed by atoms with Crippen LogP contribution in [0.3, 0.4) is 0 Å². The van der Waals surface area contributed by atoms with E-state index < -0.39 is 0 Å². The van der Waals surface area contributed by atoms with E-state index in [1.165, 1.54) is 0 Å². The van der Waals surface area contributed by atoms with E-state index in [1.54, 1.807) is 0 Å². The third kappa shape index (κ3) is 3.02. The van der Waals surface area contributed by atoms with Crippen LogP contribution in [0.2, 0.25) is 0 Å². The van der Waals surface area contributed by atoms with Crippen molar-refractivity contribution in [1.29, 1.82) is 0 Å². The number of nitrogens with one attached hydrogen (secondary N) is 3. The number of nitrogens with two attached hydrogens (primary N) is 1. The Labute approximate surface area is 74.0 Å². The van der Waals surface area contributed by atoms with Crippen LogP contribution in [0.25, 0.3) is 0 Å². The van der Waals surface area contributed by atoms with Crippen molar-refractivity contribution in [3.63, 3.8) is 0 Å². The minimum absolute atomic E-state index is 0.324. The van der Waals surface area contributed by atoms with Crippen molar-refractivity contribution in [2.45, 2.75) is 0 Å². The first-order valence-corrected chi connectivity index (χ1v) is 3.68. The lowest BCUT2D eigenvalue weighted by Crippen LogP contribution is -1.84. The molecule has 0 atom stereocenters. The van der Waals surface area contributed by atoms with Gasteiger partial charge in [0.2, 0.25) is 10.7 Å². The molecule has 0 unspecified atom stereocenters. The molecule has 0 saturated carbocycles. The lowest BCUT2D eigenvalue weighted by Gasteiger charge is -1.69. The first kappa shape index (κ1) is 8.54. The molecule has 0 spiro atoms. The SMILES string of the molecule is Nc1nc(=S)[nH][nH]1.c1cc[nH]c1. The van der Waals surface area contributed by atoms with E-state index >= 15 is 0 Å². The summed E-state index contributed by atoms with van der Waals surface area (Å²) in [6, 6.07) is 3.89. The fourth-order valence-corrected chi connectivity index (χ4v) is 0.710. The average molecular weight is 183 g/mol. The van der Waals surface area contributed by atoms with Crippen LogP contribution in [0.1, 0.15) is 0 Å². The summed E-state index contributed by atoms with van der Waals surface area (Å²) >= 11 is 4.55. The topological polar surface area (TPSA) is 86.3 Å². The van der Waals surface area contributed by atoms with Gasteiger partial charge in [0.05, 0.1) is 0 Å². The minimum Gasteiger partial charge on any atom is -0.368 e. The smallest absolute Gasteiger partial charge is 0.215 e. The van der Waals surface area contributed by atoms with Gasteiger partial charge in [-0.15, -0.1) is 0 Å². The minimum atomic E-state index is 0.324. The molecule has 0 aliphatic carbocycles. The summed E-state index contributed by atoms with van der Waals surface area (Å²) in [6.07, 6.45) is 3.75. The summed E-state index contributed by atoms with van der Waals surface area (Å²) in [4.78, 5) is 6.45. The highest BCUT2D eigenvalue weighted by atomic mass is 32.1. The molecular formula is C6H9N5S. The Morgan fingerprint density at radius 3 is 2.08 bits per heavy atom. The molecule has 5 N–H and O–H groups in total. The Morgan fingerprint density at radius 2 is 1.92 bits per heavy atom. The molecule has 0 fully saturated rings. The molecule has 64 valence electrons. The van der Waals surface area contributed by atoms with Gasteiger partial charge in [0.1, 0.15) is 0 Å². The predicted octanol–water partition coefficient (Wildman–Crippen LogP) is 1.06. The Balaban J connectivity index is 0.000000127. The summed E-state index contributed by atoms with van der Waals surface area (Å²) in [6.45, 7) is 0. The normalized spacial score (nSPS) is 8.67. The van der Waals surface area contributed by atoms with Crippen LogP contribution in [-0.4, -0.2) is 20.2 Å². The quantitative estimate of drug-likeness (QED) is 0.461. The highest BCUT2D eigenvalue weighted by Gasteiger charge is 1.80. The maximum Gasteiger partial charge on any atom is 0.215 e. The molecule has 12 heavy (non-hydrogen) atoms. The zero-order valence-corrected chi connectivity index (χ0v) is 7.06. The van der Waals surface area contributed by atoms with Crippen LogP contribution in [0, 0.1) is 4.77 Å². The van der Waals surface area contributed by atoms with Crippen molar-refractivity contribution in [2.75, 3.05) is 5.73 Å². The summed E-state index contributed by atoms with van der Waals surface area (Å²) in [7, 11) is 0. The molecule has 6 heteroatoms. The second kappa shape index (κ2) is 4.35. The molecule has 2 heterocycles. The predicted molar refractivity (Wildman–Crippen MR) is 49.0 cm³/mol. The first-order chi connectivity index (χ1) is 5.79. The van der Waals surface area contributed by atoms with E-state index in [0.29, 0.717) is 10.7 Å². The number of aromatic nitrogens is 4. The highest BCUT2D eigenvalue weighted by Crippen LogP contribution is 1.82. The Hall–Kier alpha value is -1.56. The molecule has 0 radical (unpaired) electrons. The summed E-state index contributed by atoms with van der Waals surface area (Å²) in [5.41, 5.74) is 5.11.